The highest BCUT2D eigenvalue weighted by Gasteiger charge is 2.45. The number of imide groups is 2. The van der Waals surface area contributed by atoms with Gasteiger partial charge in [-0.05, 0) is 55.7 Å². The molecule has 182 valence electrons. The normalized spacial score (nSPS) is 20.1. The average Bonchev–Trinajstić information content (AvgIpc) is 3.13. The third-order valence-corrected chi connectivity index (χ3v) is 6.89. The smallest absolute Gasteiger partial charge is 0.263 e. The number of benzene rings is 2. The summed E-state index contributed by atoms with van der Waals surface area (Å²) in [5.41, 5.74) is 7.70. The van der Waals surface area contributed by atoms with E-state index < -0.39 is 35.6 Å². The van der Waals surface area contributed by atoms with Gasteiger partial charge in [0.1, 0.15) is 6.04 Å². The Morgan fingerprint density at radius 2 is 1.67 bits per heavy atom. The first kappa shape index (κ1) is 23.3. The van der Waals surface area contributed by atoms with E-state index in [2.05, 4.69) is 22.1 Å². The summed E-state index contributed by atoms with van der Waals surface area (Å²) in [6, 6.07) is 11.2. The minimum Gasteiger partial charge on any atom is -0.371 e. The van der Waals surface area contributed by atoms with E-state index in [-0.39, 0.29) is 29.9 Å². The lowest BCUT2D eigenvalue weighted by Crippen LogP contribution is -2.54. The first-order chi connectivity index (χ1) is 17.3. The number of hydrogen-bond donors (Lipinski definition) is 2. The molecule has 1 unspecified atom stereocenters. The Kier molecular flexibility index (Phi) is 6.02. The number of nitrogens with two attached hydrogens (primary N) is 1. The average molecular weight is 485 g/mol. The van der Waals surface area contributed by atoms with E-state index in [4.69, 9.17) is 5.73 Å². The minimum atomic E-state index is -1.00. The van der Waals surface area contributed by atoms with Gasteiger partial charge in [0.15, 0.2) is 0 Å². The van der Waals surface area contributed by atoms with Crippen LogP contribution in [0, 0.1) is 17.8 Å². The number of carbonyl (C=O) groups excluding carboxylic acids is 5. The first-order valence-electron chi connectivity index (χ1n) is 11.8. The van der Waals surface area contributed by atoms with Crippen molar-refractivity contribution in [1.29, 1.82) is 0 Å². The zero-order chi connectivity index (χ0) is 25.4. The number of fused-ring (bicyclic) bond motifs is 1. The van der Waals surface area contributed by atoms with Gasteiger partial charge in [-0.25, -0.2) is 0 Å². The second-order valence-electron chi connectivity index (χ2n) is 9.12. The molecule has 0 bridgehead atoms. The maximum absolute atomic E-state index is 13.2. The van der Waals surface area contributed by atoms with E-state index in [1.165, 1.54) is 0 Å². The van der Waals surface area contributed by atoms with E-state index in [0.29, 0.717) is 11.1 Å². The Balaban J connectivity index is 1.29. The standard InChI is InChI=1S/C27H24N4O5/c28-24(33)18-6-8-19(9-7-18)30-14-12-16(13-15-30)4-5-17-2-1-3-20-23(17)27(36)31(26(20)35)21-10-11-22(32)29-25(21)34/h1-3,6-9,16,21H,10-15H2,(H2,28,33)(H,29,32,34). The zero-order valence-corrected chi connectivity index (χ0v) is 19.5. The Morgan fingerprint density at radius 1 is 0.944 bits per heavy atom. The maximum Gasteiger partial charge on any atom is 0.263 e. The SMILES string of the molecule is NC(=O)c1ccc(N2CCC(C#Cc3cccc4c3C(=O)N(C3CCC(=O)NC3=O)C4=O)CC2)cc1. The molecule has 2 fully saturated rings. The molecule has 36 heavy (non-hydrogen) atoms. The summed E-state index contributed by atoms with van der Waals surface area (Å²) >= 11 is 0. The van der Waals surface area contributed by atoms with Crippen LogP contribution < -0.4 is 16.0 Å². The van der Waals surface area contributed by atoms with Crippen LogP contribution in [0.25, 0.3) is 0 Å². The third-order valence-electron chi connectivity index (χ3n) is 6.89. The Hall–Kier alpha value is -4.45. The fourth-order valence-corrected chi connectivity index (χ4v) is 4.92. The number of nitrogens with zero attached hydrogens (tertiary/aromatic N) is 2. The Bertz CT molecular complexity index is 1350. The van der Waals surface area contributed by atoms with Crippen molar-refractivity contribution < 1.29 is 24.0 Å². The molecule has 3 heterocycles. The number of piperidine rings is 2. The van der Waals surface area contributed by atoms with Gasteiger partial charge in [-0.15, -0.1) is 0 Å². The molecule has 9 nitrogen and oxygen atoms in total. The van der Waals surface area contributed by atoms with Gasteiger partial charge in [-0.2, -0.15) is 0 Å². The zero-order valence-electron chi connectivity index (χ0n) is 19.5. The molecule has 3 aliphatic heterocycles. The largest absolute Gasteiger partial charge is 0.371 e. The number of anilines is 1. The second-order valence-corrected chi connectivity index (χ2v) is 9.12. The summed E-state index contributed by atoms with van der Waals surface area (Å²) in [4.78, 5) is 64.4. The van der Waals surface area contributed by atoms with Gasteiger partial charge in [-0.1, -0.05) is 17.9 Å². The summed E-state index contributed by atoms with van der Waals surface area (Å²) in [7, 11) is 0. The van der Waals surface area contributed by atoms with Crippen LogP contribution in [0.1, 0.15) is 62.3 Å². The molecular weight excluding hydrogens is 460 g/mol. The second kappa shape index (κ2) is 9.30. The Morgan fingerprint density at radius 3 is 2.33 bits per heavy atom. The van der Waals surface area contributed by atoms with Crippen LogP contribution in [0.4, 0.5) is 5.69 Å². The molecule has 1 atom stereocenters. The number of carbonyl (C=O) groups is 5. The Labute approximate surface area is 207 Å². The first-order valence-corrected chi connectivity index (χ1v) is 11.8. The summed E-state index contributed by atoms with van der Waals surface area (Å²) < 4.78 is 0. The molecule has 9 heteroatoms. The molecule has 0 saturated carbocycles. The van der Waals surface area contributed by atoms with Crippen molar-refractivity contribution in [1.82, 2.24) is 10.2 Å². The van der Waals surface area contributed by atoms with Gasteiger partial charge in [0, 0.05) is 42.2 Å². The van der Waals surface area contributed by atoms with Gasteiger partial charge in [0.25, 0.3) is 11.8 Å². The van der Waals surface area contributed by atoms with Crippen molar-refractivity contribution in [3.05, 3.63) is 64.7 Å². The van der Waals surface area contributed by atoms with Crippen molar-refractivity contribution in [2.24, 2.45) is 11.7 Å². The molecule has 2 aromatic carbocycles. The topological polar surface area (TPSA) is 130 Å². The van der Waals surface area contributed by atoms with Crippen molar-refractivity contribution in [3.8, 4) is 11.8 Å². The molecular formula is C27H24N4O5. The van der Waals surface area contributed by atoms with Crippen LogP contribution in [0.3, 0.4) is 0 Å². The van der Waals surface area contributed by atoms with Crippen LogP contribution in [-0.4, -0.2) is 53.6 Å². The van der Waals surface area contributed by atoms with E-state index >= 15 is 0 Å². The molecule has 3 aliphatic rings. The van der Waals surface area contributed by atoms with Gasteiger partial charge in [-0.3, -0.25) is 34.2 Å². The number of primary amides is 1. The van der Waals surface area contributed by atoms with Crippen molar-refractivity contribution >= 4 is 35.2 Å². The molecule has 0 radical (unpaired) electrons. The summed E-state index contributed by atoms with van der Waals surface area (Å²) in [5, 5.41) is 2.20. The van der Waals surface area contributed by atoms with Gasteiger partial charge >= 0.3 is 0 Å². The lowest BCUT2D eigenvalue weighted by atomic mass is 9.95. The maximum atomic E-state index is 13.2. The van der Waals surface area contributed by atoms with Crippen LogP contribution in [0.2, 0.25) is 0 Å². The summed E-state index contributed by atoms with van der Waals surface area (Å²) in [5.74, 6) is 3.91. The van der Waals surface area contributed by atoms with E-state index in [9.17, 15) is 24.0 Å². The fraction of sp³-hybridized carbons (Fsp3) is 0.296. The minimum absolute atomic E-state index is 0.0739. The fourth-order valence-electron chi connectivity index (χ4n) is 4.92. The van der Waals surface area contributed by atoms with Crippen LogP contribution in [0.15, 0.2) is 42.5 Å². The number of nitrogens with one attached hydrogen (secondary N) is 1. The van der Waals surface area contributed by atoms with Gasteiger partial charge in [0.2, 0.25) is 17.7 Å². The van der Waals surface area contributed by atoms with Gasteiger partial charge in [0.05, 0.1) is 11.1 Å². The quantitative estimate of drug-likeness (QED) is 0.501. The van der Waals surface area contributed by atoms with Crippen molar-refractivity contribution in [2.45, 2.75) is 31.7 Å². The highest BCUT2D eigenvalue weighted by atomic mass is 16.2. The third kappa shape index (κ3) is 4.22. The predicted octanol–water partition coefficient (Wildman–Crippen LogP) is 1.45. The van der Waals surface area contributed by atoms with Gasteiger partial charge < -0.3 is 10.6 Å². The van der Waals surface area contributed by atoms with Crippen LogP contribution in [0.5, 0.6) is 0 Å². The molecule has 0 aliphatic carbocycles. The molecule has 3 N–H and O–H groups in total. The number of amides is 5. The van der Waals surface area contributed by atoms with Crippen LogP contribution >= 0.6 is 0 Å². The van der Waals surface area contributed by atoms with Crippen molar-refractivity contribution in [2.75, 3.05) is 18.0 Å². The molecule has 5 rings (SSSR count). The van der Waals surface area contributed by atoms with E-state index in [0.717, 1.165) is 36.5 Å². The van der Waals surface area contributed by atoms with Crippen molar-refractivity contribution in [3.63, 3.8) is 0 Å². The van der Waals surface area contributed by atoms with E-state index in [1.807, 2.05) is 12.1 Å². The molecule has 2 aromatic rings. The molecule has 2 saturated heterocycles. The van der Waals surface area contributed by atoms with E-state index in [1.54, 1.807) is 30.3 Å². The number of hydrogen-bond acceptors (Lipinski definition) is 6. The summed E-state index contributed by atoms with van der Waals surface area (Å²) in [6.07, 6.45) is 1.84. The highest BCUT2D eigenvalue weighted by molar-refractivity contribution is 6.24. The summed E-state index contributed by atoms with van der Waals surface area (Å²) in [6.45, 7) is 1.59. The molecule has 5 amide bonds. The monoisotopic (exact) mass is 484 g/mol. The predicted molar refractivity (Wildman–Crippen MR) is 130 cm³/mol. The number of rotatable bonds is 3. The molecule has 0 spiro atoms. The lowest BCUT2D eigenvalue weighted by Gasteiger charge is -2.31. The highest BCUT2D eigenvalue weighted by Crippen LogP contribution is 2.30. The lowest BCUT2D eigenvalue weighted by molar-refractivity contribution is -0.136. The molecule has 0 aromatic heterocycles. The van der Waals surface area contributed by atoms with Crippen LogP contribution in [-0.2, 0) is 9.59 Å².